The van der Waals surface area contributed by atoms with Crippen LogP contribution in [0.5, 0.6) is 0 Å². The summed E-state index contributed by atoms with van der Waals surface area (Å²) in [4.78, 5) is 0. The van der Waals surface area contributed by atoms with Gasteiger partial charge in [0.1, 0.15) is 0 Å². The van der Waals surface area contributed by atoms with E-state index in [0.29, 0.717) is 12.0 Å². The van der Waals surface area contributed by atoms with E-state index in [1.54, 1.807) is 0 Å². The number of hydrogen-bond acceptors (Lipinski definition) is 2. The Bertz CT molecular complexity index is 400. The van der Waals surface area contributed by atoms with Crippen molar-refractivity contribution in [2.45, 2.75) is 44.7 Å². The number of aryl methyl sites for hydroxylation is 1. The third-order valence-electron chi connectivity index (χ3n) is 4.24. The van der Waals surface area contributed by atoms with Crippen LogP contribution in [0.4, 0.5) is 0 Å². The molecule has 0 unspecified atom stereocenters. The lowest BCUT2D eigenvalue weighted by molar-refractivity contribution is 0.0316. The first kappa shape index (κ1) is 12.2. The van der Waals surface area contributed by atoms with E-state index in [1.807, 2.05) is 0 Å². The van der Waals surface area contributed by atoms with Crippen molar-refractivity contribution in [2.75, 3.05) is 13.2 Å². The molecule has 1 aliphatic carbocycles. The maximum atomic E-state index is 5.69. The van der Waals surface area contributed by atoms with Crippen molar-refractivity contribution < 1.29 is 4.74 Å². The molecule has 2 nitrogen and oxygen atoms in total. The third kappa shape index (κ3) is 2.93. The molecule has 2 heteroatoms. The Kier molecular flexibility index (Phi) is 3.67. The van der Waals surface area contributed by atoms with E-state index < -0.39 is 0 Å². The molecule has 1 aromatic carbocycles. The summed E-state index contributed by atoms with van der Waals surface area (Å²) in [5.74, 6) is 0.639. The Morgan fingerprint density at radius 1 is 1.22 bits per heavy atom. The summed E-state index contributed by atoms with van der Waals surface area (Å²) in [7, 11) is 0. The number of nitrogens with one attached hydrogen (secondary N) is 1. The van der Waals surface area contributed by atoms with Crippen LogP contribution < -0.4 is 5.32 Å². The van der Waals surface area contributed by atoms with Gasteiger partial charge in [0.25, 0.3) is 0 Å². The average molecular weight is 245 g/mol. The minimum absolute atomic E-state index is 0.639. The maximum absolute atomic E-state index is 5.69. The fraction of sp³-hybridized carbons (Fsp3) is 0.625. The summed E-state index contributed by atoms with van der Waals surface area (Å²) < 4.78 is 5.69. The molecule has 0 spiro atoms. The predicted molar refractivity (Wildman–Crippen MR) is 73.8 cm³/mol. The highest BCUT2D eigenvalue weighted by atomic mass is 16.5. The molecule has 1 aliphatic heterocycles. The molecular weight excluding hydrogens is 222 g/mol. The van der Waals surface area contributed by atoms with Gasteiger partial charge in [-0.3, -0.25) is 0 Å². The highest BCUT2D eigenvalue weighted by Crippen LogP contribution is 2.26. The van der Waals surface area contributed by atoms with Gasteiger partial charge < -0.3 is 10.1 Å². The fourth-order valence-electron chi connectivity index (χ4n) is 2.89. The molecule has 1 saturated carbocycles. The molecule has 0 aromatic heterocycles. The summed E-state index contributed by atoms with van der Waals surface area (Å²) in [6.45, 7) is 4.05. The number of ether oxygens (including phenoxy) is 1. The van der Waals surface area contributed by atoms with Crippen LogP contribution in [0.2, 0.25) is 0 Å². The van der Waals surface area contributed by atoms with Gasteiger partial charge in [-0.05, 0) is 43.7 Å². The van der Waals surface area contributed by atoms with E-state index in [9.17, 15) is 0 Å². The molecule has 2 atom stereocenters. The van der Waals surface area contributed by atoms with Crippen molar-refractivity contribution in [2.24, 2.45) is 5.92 Å². The van der Waals surface area contributed by atoms with Gasteiger partial charge in [-0.15, -0.1) is 0 Å². The van der Waals surface area contributed by atoms with Gasteiger partial charge in [0, 0.05) is 24.6 Å². The molecule has 0 bridgehead atoms. The van der Waals surface area contributed by atoms with Gasteiger partial charge in [-0.2, -0.15) is 0 Å². The molecular formula is C16H23NO. The minimum Gasteiger partial charge on any atom is -0.381 e. The second kappa shape index (κ2) is 5.41. The van der Waals surface area contributed by atoms with E-state index in [1.165, 1.54) is 30.4 Å². The minimum atomic E-state index is 0.639. The van der Waals surface area contributed by atoms with Crippen molar-refractivity contribution in [3.05, 3.63) is 35.4 Å². The molecule has 0 amide bonds. The normalized spacial score (nSPS) is 28.3. The van der Waals surface area contributed by atoms with E-state index in [-0.39, 0.29) is 0 Å². The van der Waals surface area contributed by atoms with Gasteiger partial charge in [0.05, 0.1) is 6.61 Å². The third-order valence-corrected chi connectivity index (χ3v) is 4.24. The standard InChI is InChI=1S/C16H23NO/c1-12-4-2-3-5-13(12)10-14-11-18-9-8-16(14)17-15-6-7-15/h2-5,14-17H,6-11H2,1H3/t14-,16-/m0/s1. The Morgan fingerprint density at radius 3 is 2.83 bits per heavy atom. The maximum Gasteiger partial charge on any atom is 0.0512 e. The first-order valence-electron chi connectivity index (χ1n) is 7.21. The largest absolute Gasteiger partial charge is 0.381 e. The van der Waals surface area contributed by atoms with Crippen LogP contribution in [0.1, 0.15) is 30.4 Å². The molecule has 1 heterocycles. The second-order valence-corrected chi connectivity index (χ2v) is 5.80. The average Bonchev–Trinajstić information content (AvgIpc) is 3.18. The number of benzene rings is 1. The van der Waals surface area contributed by atoms with Crippen LogP contribution >= 0.6 is 0 Å². The Labute approximate surface area is 110 Å². The first-order chi connectivity index (χ1) is 8.83. The van der Waals surface area contributed by atoms with Gasteiger partial charge in [-0.1, -0.05) is 24.3 Å². The molecule has 18 heavy (non-hydrogen) atoms. The first-order valence-corrected chi connectivity index (χ1v) is 7.21. The van der Waals surface area contributed by atoms with Gasteiger partial charge in [0.15, 0.2) is 0 Å². The Hall–Kier alpha value is -0.860. The zero-order valence-corrected chi connectivity index (χ0v) is 11.2. The second-order valence-electron chi connectivity index (χ2n) is 5.80. The van der Waals surface area contributed by atoms with E-state index >= 15 is 0 Å². The molecule has 2 aliphatic rings. The predicted octanol–water partition coefficient (Wildman–Crippen LogP) is 2.69. The summed E-state index contributed by atoms with van der Waals surface area (Å²) in [5, 5.41) is 3.80. The molecule has 1 N–H and O–H groups in total. The zero-order valence-electron chi connectivity index (χ0n) is 11.2. The molecule has 2 fully saturated rings. The molecule has 1 aromatic rings. The van der Waals surface area contributed by atoms with E-state index in [2.05, 4.69) is 36.5 Å². The lowest BCUT2D eigenvalue weighted by atomic mass is 9.88. The van der Waals surface area contributed by atoms with Gasteiger partial charge in [-0.25, -0.2) is 0 Å². The van der Waals surface area contributed by atoms with Crippen LogP contribution in [0.25, 0.3) is 0 Å². The van der Waals surface area contributed by atoms with Crippen LogP contribution in [0, 0.1) is 12.8 Å². The molecule has 1 saturated heterocycles. The lowest BCUT2D eigenvalue weighted by Gasteiger charge is -2.33. The SMILES string of the molecule is Cc1ccccc1C[C@H]1COCC[C@@H]1NC1CC1. The van der Waals surface area contributed by atoms with E-state index in [4.69, 9.17) is 4.74 Å². The van der Waals surface area contributed by atoms with Crippen LogP contribution in [-0.2, 0) is 11.2 Å². The van der Waals surface area contributed by atoms with Gasteiger partial charge in [0.2, 0.25) is 0 Å². The van der Waals surface area contributed by atoms with Crippen LogP contribution in [-0.4, -0.2) is 25.3 Å². The van der Waals surface area contributed by atoms with Crippen LogP contribution in [0.3, 0.4) is 0 Å². The van der Waals surface area contributed by atoms with Crippen molar-refractivity contribution in [1.29, 1.82) is 0 Å². The van der Waals surface area contributed by atoms with Crippen molar-refractivity contribution in [3.63, 3.8) is 0 Å². The molecule has 98 valence electrons. The summed E-state index contributed by atoms with van der Waals surface area (Å²) in [5.41, 5.74) is 2.89. The smallest absolute Gasteiger partial charge is 0.0512 e. The van der Waals surface area contributed by atoms with E-state index in [0.717, 1.165) is 25.7 Å². The highest BCUT2D eigenvalue weighted by Gasteiger charge is 2.31. The highest BCUT2D eigenvalue weighted by molar-refractivity contribution is 5.26. The topological polar surface area (TPSA) is 21.3 Å². The van der Waals surface area contributed by atoms with Crippen molar-refractivity contribution in [3.8, 4) is 0 Å². The molecule has 3 rings (SSSR count). The molecule has 0 radical (unpaired) electrons. The Balaban J connectivity index is 1.66. The summed E-state index contributed by atoms with van der Waals surface area (Å²) in [6.07, 6.45) is 5.06. The summed E-state index contributed by atoms with van der Waals surface area (Å²) >= 11 is 0. The fourth-order valence-corrected chi connectivity index (χ4v) is 2.89. The Morgan fingerprint density at radius 2 is 2.06 bits per heavy atom. The quantitative estimate of drug-likeness (QED) is 0.880. The number of hydrogen-bond donors (Lipinski definition) is 1. The van der Waals surface area contributed by atoms with Gasteiger partial charge >= 0.3 is 0 Å². The van der Waals surface area contributed by atoms with Crippen molar-refractivity contribution in [1.82, 2.24) is 5.32 Å². The number of rotatable bonds is 4. The van der Waals surface area contributed by atoms with Crippen molar-refractivity contribution >= 4 is 0 Å². The zero-order chi connectivity index (χ0) is 12.4. The monoisotopic (exact) mass is 245 g/mol. The summed E-state index contributed by atoms with van der Waals surface area (Å²) in [6, 6.07) is 10.2. The van der Waals surface area contributed by atoms with Crippen LogP contribution in [0.15, 0.2) is 24.3 Å². The lowest BCUT2D eigenvalue weighted by Crippen LogP contribution is -2.44.